The standard InChI is InChI=1S/C50H59F8N4O9PS2/c1-31(2)69-42(65)32(3)61-72(67,71-37-10-8-7-9-11-37)68-27-39-46(6,30-63)47(51)43(48(47,52)70-39)62-24-21-40(60-44(62)66)59-41(64)26-45(4,5)23-20-38(74-29-34-14-18-36(19-15-34)50(56,57)58)22-25-73-28-33-12-16-35(17-13-33)49(53,54)55/h7-19,21,24,31-32,38-39,43,63H,20,22-23,25-30H2,1-6H3,(H,61,67)(H,59,60,64,66)/t32-,38+,39+,43-,46?,47?,48?,72?/m0/s1. The van der Waals surface area contributed by atoms with E-state index in [2.05, 4.69) is 15.4 Å². The zero-order chi connectivity index (χ0) is 54.5. The van der Waals surface area contributed by atoms with E-state index in [9.17, 15) is 50.4 Å². The summed E-state index contributed by atoms with van der Waals surface area (Å²) in [5, 5.41) is 15.6. The molecule has 24 heteroatoms. The number of hydrogen-bond donors (Lipinski definition) is 3. The molecule has 1 aromatic heterocycles. The Bertz CT molecular complexity index is 2670. The molecule has 3 aromatic carbocycles. The van der Waals surface area contributed by atoms with Gasteiger partial charge in [0.15, 0.2) is 0 Å². The van der Waals surface area contributed by atoms with Gasteiger partial charge in [0.25, 0.3) is 5.85 Å². The predicted molar refractivity (Wildman–Crippen MR) is 265 cm³/mol. The number of halogens is 8. The van der Waals surface area contributed by atoms with E-state index in [1.807, 2.05) is 13.8 Å². The van der Waals surface area contributed by atoms with Crippen LogP contribution in [0.3, 0.4) is 0 Å². The summed E-state index contributed by atoms with van der Waals surface area (Å²) in [5.74, 6) is -3.17. The van der Waals surface area contributed by atoms with Crippen molar-refractivity contribution in [3.05, 3.63) is 124 Å². The molecule has 0 radical (unpaired) electrons. The Labute approximate surface area is 431 Å². The van der Waals surface area contributed by atoms with E-state index < -0.39 is 109 Å². The SMILES string of the molecule is CC(C)OC(=O)[C@H](C)NP(=O)(OC[C@H]1OC2(F)[C@@H](n3ccc(NC(=O)CC(C)(C)CC[C@H](CCSCc4ccc(C(F)(F)F)cc4)SCc4ccc(C(F)(F)F)cc4)nc3=O)C2(F)C1(C)CO)Oc1ccccc1. The van der Waals surface area contributed by atoms with Crippen molar-refractivity contribution in [2.75, 3.05) is 24.3 Å². The minimum absolute atomic E-state index is 0.0175. The first-order valence-corrected chi connectivity index (χ1v) is 27.3. The highest BCUT2D eigenvalue weighted by molar-refractivity contribution is 7.99. The van der Waals surface area contributed by atoms with Crippen molar-refractivity contribution in [2.24, 2.45) is 10.8 Å². The number of aliphatic hydroxyl groups excluding tert-OH is 1. The Morgan fingerprint density at radius 1 is 0.892 bits per heavy atom. The molecule has 2 fully saturated rings. The van der Waals surface area contributed by atoms with Crippen LogP contribution in [0.2, 0.25) is 0 Å². The van der Waals surface area contributed by atoms with Crippen LogP contribution in [0.4, 0.5) is 40.9 Å². The maximum atomic E-state index is 17.1. The highest BCUT2D eigenvalue weighted by Crippen LogP contribution is 2.77. The Balaban J connectivity index is 1.06. The number of carbonyl (C=O) groups is 2. The summed E-state index contributed by atoms with van der Waals surface area (Å²) in [7, 11) is -4.53. The van der Waals surface area contributed by atoms with Crippen LogP contribution in [0, 0.1) is 10.8 Å². The van der Waals surface area contributed by atoms with Crippen LogP contribution in [-0.4, -0.2) is 80.5 Å². The zero-order valence-electron chi connectivity index (χ0n) is 41.3. The number of carbonyl (C=O) groups excluding carboxylic acids is 2. The van der Waals surface area contributed by atoms with Crippen molar-refractivity contribution in [2.45, 2.75) is 132 Å². The molecule has 13 nitrogen and oxygen atoms in total. The maximum Gasteiger partial charge on any atom is 0.459 e. The van der Waals surface area contributed by atoms with Crippen molar-refractivity contribution in [1.82, 2.24) is 14.6 Å². The van der Waals surface area contributed by atoms with Gasteiger partial charge >= 0.3 is 31.8 Å². The number of nitrogens with one attached hydrogen (secondary N) is 2. The average Bonchev–Trinajstić information content (AvgIpc) is 3.75. The maximum absolute atomic E-state index is 17.1. The average molecular weight is 1110 g/mol. The minimum atomic E-state index is -4.53. The van der Waals surface area contributed by atoms with Gasteiger partial charge in [-0.15, -0.1) is 0 Å². The Morgan fingerprint density at radius 3 is 2.04 bits per heavy atom. The molecule has 0 bridgehead atoms. The van der Waals surface area contributed by atoms with Crippen LogP contribution < -0.4 is 20.6 Å². The number of rotatable bonds is 25. The number of fused-ring (bicyclic) bond motifs is 1. The highest BCUT2D eigenvalue weighted by atomic mass is 32.2. The van der Waals surface area contributed by atoms with Crippen LogP contribution in [0.15, 0.2) is 95.9 Å². The van der Waals surface area contributed by atoms with E-state index >= 15 is 8.78 Å². The van der Waals surface area contributed by atoms with E-state index in [4.69, 9.17) is 18.5 Å². The van der Waals surface area contributed by atoms with Crippen molar-refractivity contribution >= 4 is 49.0 Å². The number of aliphatic hydroxyl groups is 1. The lowest BCUT2D eigenvalue weighted by Gasteiger charge is -2.34. The monoisotopic (exact) mass is 1110 g/mol. The van der Waals surface area contributed by atoms with Gasteiger partial charge in [-0.2, -0.15) is 59.9 Å². The van der Waals surface area contributed by atoms with Gasteiger partial charge in [-0.25, -0.2) is 18.1 Å². The second-order valence-electron chi connectivity index (χ2n) is 19.6. The molecule has 8 atom stereocenters. The lowest BCUT2D eigenvalue weighted by Crippen LogP contribution is -2.47. The quantitative estimate of drug-likeness (QED) is 0.0248. The Morgan fingerprint density at radius 2 is 1.49 bits per heavy atom. The van der Waals surface area contributed by atoms with Gasteiger partial charge in [-0.1, -0.05) is 63.2 Å². The van der Waals surface area contributed by atoms with Gasteiger partial charge in [0.1, 0.15) is 23.7 Å². The van der Waals surface area contributed by atoms with Gasteiger partial charge in [0, 0.05) is 29.4 Å². The first-order valence-electron chi connectivity index (χ1n) is 23.6. The minimum Gasteiger partial charge on any atom is -0.462 e. The molecule has 406 valence electrons. The summed E-state index contributed by atoms with van der Waals surface area (Å²) in [5.41, 5.74) is -7.05. The fraction of sp³-hybridized carbons (Fsp3) is 0.520. The van der Waals surface area contributed by atoms with Gasteiger partial charge < -0.3 is 24.4 Å². The van der Waals surface area contributed by atoms with Crippen LogP contribution in [0.1, 0.15) is 95.5 Å². The predicted octanol–water partition coefficient (Wildman–Crippen LogP) is 11.5. The number of alkyl halides is 8. The number of ether oxygens (including phenoxy) is 2. The number of anilines is 1. The van der Waals surface area contributed by atoms with E-state index in [0.29, 0.717) is 52.2 Å². The molecule has 1 aliphatic heterocycles. The van der Waals surface area contributed by atoms with Crippen LogP contribution in [-0.2, 0) is 52.0 Å². The largest absolute Gasteiger partial charge is 0.462 e. The lowest BCUT2D eigenvalue weighted by molar-refractivity contribution is -0.149. The van der Waals surface area contributed by atoms with Crippen LogP contribution in [0.5, 0.6) is 5.75 Å². The first-order chi connectivity index (χ1) is 34.5. The summed E-state index contributed by atoms with van der Waals surface area (Å²) < 4.78 is 149. The molecule has 6 rings (SSSR count). The number of nitrogens with zero attached hydrogens (tertiary/aromatic N) is 2. The van der Waals surface area contributed by atoms with Crippen molar-refractivity contribution in [1.29, 1.82) is 0 Å². The van der Waals surface area contributed by atoms with E-state index in [1.54, 1.807) is 43.8 Å². The number of para-hydroxylation sites is 1. The number of esters is 1. The molecule has 2 aliphatic rings. The summed E-state index contributed by atoms with van der Waals surface area (Å²) in [6.07, 6.45) is -8.31. The molecular formula is C50H59F8N4O9PS2. The van der Waals surface area contributed by atoms with Gasteiger partial charge in [-0.05, 0) is 105 Å². The van der Waals surface area contributed by atoms with Crippen molar-refractivity contribution in [3.8, 4) is 5.75 Å². The molecule has 4 unspecified atom stereocenters. The molecule has 1 amide bonds. The van der Waals surface area contributed by atoms with Gasteiger partial charge in [0.2, 0.25) is 11.6 Å². The number of amides is 1. The molecular weight excluding hydrogens is 1050 g/mol. The van der Waals surface area contributed by atoms with Gasteiger partial charge in [0.05, 0.1) is 42.0 Å². The van der Waals surface area contributed by atoms with Crippen molar-refractivity contribution < 1.29 is 72.9 Å². The summed E-state index contributed by atoms with van der Waals surface area (Å²) in [6.45, 7) is 7.62. The molecule has 4 aromatic rings. The number of hydrogen-bond acceptors (Lipinski definition) is 12. The third-order valence-corrected chi connectivity index (χ3v) is 17.0. The third-order valence-electron chi connectivity index (χ3n) is 12.8. The topological polar surface area (TPSA) is 167 Å². The van der Waals surface area contributed by atoms with E-state index in [-0.39, 0.29) is 23.2 Å². The molecule has 74 heavy (non-hydrogen) atoms. The second kappa shape index (κ2) is 23.4. The van der Waals surface area contributed by atoms with E-state index in [0.717, 1.165) is 30.5 Å². The summed E-state index contributed by atoms with van der Waals surface area (Å²) in [6, 6.07) is 15.5. The molecule has 1 saturated carbocycles. The highest BCUT2D eigenvalue weighted by Gasteiger charge is 2.95. The molecule has 1 saturated heterocycles. The molecule has 3 N–H and O–H groups in total. The van der Waals surface area contributed by atoms with Gasteiger partial charge in [-0.3, -0.25) is 18.7 Å². The zero-order valence-corrected chi connectivity index (χ0v) is 43.8. The number of benzene rings is 3. The Kier molecular flexibility index (Phi) is 18.6. The van der Waals surface area contributed by atoms with E-state index in [1.165, 1.54) is 68.1 Å². The molecule has 2 heterocycles. The first kappa shape index (κ1) is 58.7. The fourth-order valence-electron chi connectivity index (χ4n) is 8.54. The lowest BCUT2D eigenvalue weighted by atomic mass is 9.79. The number of thioether (sulfide) groups is 2. The third kappa shape index (κ3) is 14.1. The smallest absolute Gasteiger partial charge is 0.459 e. The van der Waals surface area contributed by atoms with Crippen molar-refractivity contribution in [3.63, 3.8) is 0 Å². The molecule has 1 aliphatic carbocycles. The van der Waals surface area contributed by atoms with Crippen LogP contribution >= 0.6 is 31.3 Å². The van der Waals surface area contributed by atoms with Crippen LogP contribution in [0.25, 0.3) is 0 Å². The number of aromatic nitrogens is 2. The summed E-state index contributed by atoms with van der Waals surface area (Å²) in [4.78, 5) is 43.3. The molecule has 0 spiro atoms. The normalized spacial score (nSPS) is 23.4. The Hall–Kier alpha value is -4.51. The summed E-state index contributed by atoms with van der Waals surface area (Å²) >= 11 is 3.07. The second-order valence-corrected chi connectivity index (χ2v) is 23.7. The fourth-order valence-corrected chi connectivity index (χ4v) is 12.4.